The van der Waals surface area contributed by atoms with Crippen LogP contribution in [0.4, 0.5) is 4.79 Å². The van der Waals surface area contributed by atoms with E-state index in [1.165, 1.54) is 11.8 Å². The summed E-state index contributed by atoms with van der Waals surface area (Å²) in [5, 5.41) is 12.9. The van der Waals surface area contributed by atoms with Crippen LogP contribution in [0, 0.1) is 16.7 Å². The summed E-state index contributed by atoms with van der Waals surface area (Å²) in [5.41, 5.74) is 3.82. The van der Waals surface area contributed by atoms with Crippen LogP contribution in [-0.2, 0) is 19.1 Å². The molecule has 10 nitrogen and oxygen atoms in total. The van der Waals surface area contributed by atoms with Crippen molar-refractivity contribution in [2.75, 3.05) is 20.0 Å². The number of alkyl carbamates (subject to hydrolysis) is 1. The molecule has 3 aliphatic rings. The van der Waals surface area contributed by atoms with Gasteiger partial charge in [-0.05, 0) is 67.1 Å². The fraction of sp³-hybridized carbons (Fsp3) is 0.353. The molecule has 1 aliphatic carbocycles. The van der Waals surface area contributed by atoms with Crippen molar-refractivity contribution >= 4 is 18.0 Å². The Bertz CT molecular complexity index is 1620. The van der Waals surface area contributed by atoms with Crippen LogP contribution < -0.4 is 14.8 Å². The maximum atomic E-state index is 14.1. The zero-order chi connectivity index (χ0) is 31.0. The van der Waals surface area contributed by atoms with Gasteiger partial charge in [0.15, 0.2) is 11.5 Å². The van der Waals surface area contributed by atoms with Crippen molar-refractivity contribution in [3.05, 3.63) is 83.4 Å². The van der Waals surface area contributed by atoms with Gasteiger partial charge < -0.3 is 29.2 Å². The summed E-state index contributed by atoms with van der Waals surface area (Å²) in [4.78, 5) is 41.7. The minimum absolute atomic E-state index is 0.0604. The molecule has 1 fully saturated rings. The van der Waals surface area contributed by atoms with Crippen molar-refractivity contribution in [1.82, 2.24) is 10.2 Å². The second-order valence-corrected chi connectivity index (χ2v) is 11.5. The molecule has 0 unspecified atom stereocenters. The van der Waals surface area contributed by atoms with E-state index < -0.39 is 41.5 Å². The molecule has 10 heteroatoms. The molecule has 0 saturated carbocycles. The number of rotatable bonds is 7. The molecule has 2 aliphatic heterocycles. The van der Waals surface area contributed by atoms with E-state index in [1.807, 2.05) is 36.4 Å². The smallest absolute Gasteiger partial charge is 0.407 e. The highest BCUT2D eigenvalue weighted by atomic mass is 16.7. The molecule has 4 atom stereocenters. The molecule has 3 aromatic carbocycles. The highest BCUT2D eigenvalue weighted by molar-refractivity contribution is 5.91. The van der Waals surface area contributed by atoms with Gasteiger partial charge >= 0.3 is 12.1 Å². The third kappa shape index (κ3) is 4.98. The zero-order valence-corrected chi connectivity index (χ0v) is 24.7. The number of amides is 2. The van der Waals surface area contributed by atoms with Crippen LogP contribution in [-0.4, -0.2) is 55.0 Å². The zero-order valence-electron chi connectivity index (χ0n) is 24.7. The molecular formula is C34H33N3O7. The number of nitrogens with zero attached hydrogens (tertiary/aromatic N) is 2. The Morgan fingerprint density at radius 3 is 2.34 bits per heavy atom. The van der Waals surface area contributed by atoms with Gasteiger partial charge in [0.05, 0.1) is 24.1 Å². The van der Waals surface area contributed by atoms with Gasteiger partial charge in [-0.2, -0.15) is 5.26 Å². The summed E-state index contributed by atoms with van der Waals surface area (Å²) in [6, 6.07) is 20.6. The Morgan fingerprint density at radius 1 is 1.02 bits per heavy atom. The van der Waals surface area contributed by atoms with E-state index in [9.17, 15) is 19.6 Å². The number of hydrogen-bond donors (Lipinski definition) is 1. The van der Waals surface area contributed by atoms with Gasteiger partial charge in [-0.15, -0.1) is 0 Å². The first-order valence-corrected chi connectivity index (χ1v) is 14.7. The van der Waals surface area contributed by atoms with Crippen LogP contribution in [0.1, 0.15) is 55.8 Å². The molecule has 0 aromatic heterocycles. The number of nitriles is 1. The average Bonchev–Trinajstić information content (AvgIpc) is 3.72. The van der Waals surface area contributed by atoms with Gasteiger partial charge in [0.25, 0.3) is 0 Å². The molecule has 1 saturated heterocycles. The number of likely N-dealkylation sites (tertiary alicyclic amines) is 1. The minimum Gasteiger partial charge on any atom is -0.464 e. The lowest BCUT2D eigenvalue weighted by Crippen LogP contribution is -2.52. The first kappa shape index (κ1) is 29.1. The van der Waals surface area contributed by atoms with E-state index in [0.29, 0.717) is 17.1 Å². The van der Waals surface area contributed by atoms with Crippen molar-refractivity contribution in [2.24, 2.45) is 5.41 Å². The third-order valence-corrected chi connectivity index (χ3v) is 8.66. The van der Waals surface area contributed by atoms with Gasteiger partial charge in [0, 0.05) is 5.92 Å². The van der Waals surface area contributed by atoms with Gasteiger partial charge in [-0.25, -0.2) is 9.59 Å². The summed E-state index contributed by atoms with van der Waals surface area (Å²) < 4.78 is 22.0. The van der Waals surface area contributed by atoms with Crippen molar-refractivity contribution in [3.8, 4) is 28.7 Å². The van der Waals surface area contributed by atoms with Crippen molar-refractivity contribution in [3.63, 3.8) is 0 Å². The number of carbonyl (C=O) groups is 3. The quantitative estimate of drug-likeness (QED) is 0.375. The lowest BCUT2D eigenvalue weighted by Gasteiger charge is -2.34. The summed E-state index contributed by atoms with van der Waals surface area (Å²) >= 11 is 0. The lowest BCUT2D eigenvalue weighted by molar-refractivity contribution is -0.154. The predicted molar refractivity (Wildman–Crippen MR) is 159 cm³/mol. The maximum Gasteiger partial charge on any atom is 0.407 e. The second kappa shape index (κ2) is 11.6. The second-order valence-electron chi connectivity index (χ2n) is 11.5. The summed E-state index contributed by atoms with van der Waals surface area (Å²) in [5.74, 6) is -0.259. The topological polar surface area (TPSA) is 127 Å². The highest BCUT2D eigenvalue weighted by Crippen LogP contribution is 2.52. The molecule has 44 heavy (non-hydrogen) atoms. The first-order valence-electron chi connectivity index (χ1n) is 14.7. The highest BCUT2D eigenvalue weighted by Gasteiger charge is 2.56. The van der Waals surface area contributed by atoms with Crippen LogP contribution in [0.3, 0.4) is 0 Å². The number of esters is 1. The van der Waals surface area contributed by atoms with E-state index in [4.69, 9.17) is 18.9 Å². The molecular weight excluding hydrogens is 562 g/mol. The van der Waals surface area contributed by atoms with Crippen molar-refractivity contribution in [1.29, 1.82) is 5.26 Å². The number of nitrogens with one attached hydrogen (secondary N) is 1. The van der Waals surface area contributed by atoms with Gasteiger partial charge in [0.2, 0.25) is 12.7 Å². The van der Waals surface area contributed by atoms with Crippen LogP contribution in [0.5, 0.6) is 11.5 Å². The average molecular weight is 596 g/mol. The fourth-order valence-corrected chi connectivity index (χ4v) is 6.64. The summed E-state index contributed by atoms with van der Waals surface area (Å²) in [6.45, 7) is 5.19. The monoisotopic (exact) mass is 595 g/mol. The Morgan fingerprint density at radius 2 is 1.68 bits per heavy atom. The molecule has 0 bridgehead atoms. The summed E-state index contributed by atoms with van der Waals surface area (Å²) in [6.07, 6.45) is -0.701. The van der Waals surface area contributed by atoms with Crippen LogP contribution in [0.15, 0.2) is 66.7 Å². The van der Waals surface area contributed by atoms with Crippen LogP contribution in [0.25, 0.3) is 11.1 Å². The lowest BCUT2D eigenvalue weighted by atomic mass is 9.79. The largest absolute Gasteiger partial charge is 0.464 e. The Balaban J connectivity index is 1.22. The van der Waals surface area contributed by atoms with Crippen LogP contribution >= 0.6 is 0 Å². The van der Waals surface area contributed by atoms with Crippen molar-refractivity contribution in [2.45, 2.75) is 51.2 Å². The molecule has 0 radical (unpaired) electrons. The SMILES string of the molecule is CCOC(=O)[C@@H]1C[C@@](C)(C#N)[C@@H](c2ccc3c(c2)OCO3)N1C(=O)[C@H](C)NC(=O)OCC1c2ccccc2-c2ccccc21. The molecule has 1 N–H and O–H groups in total. The molecule has 0 spiro atoms. The van der Waals surface area contributed by atoms with Gasteiger partial charge in [0.1, 0.15) is 18.7 Å². The maximum absolute atomic E-state index is 14.1. The molecule has 226 valence electrons. The number of ether oxygens (including phenoxy) is 4. The minimum atomic E-state index is -1.13. The number of benzene rings is 3. The third-order valence-electron chi connectivity index (χ3n) is 8.66. The number of carbonyl (C=O) groups excluding carboxylic acids is 3. The number of hydrogen-bond acceptors (Lipinski definition) is 8. The first-order chi connectivity index (χ1) is 21.3. The molecule has 3 aromatic rings. The van der Waals surface area contributed by atoms with Gasteiger partial charge in [-0.3, -0.25) is 4.79 Å². The Hall–Kier alpha value is -5.04. The molecule has 6 rings (SSSR count). The van der Waals surface area contributed by atoms with E-state index in [2.05, 4.69) is 23.5 Å². The van der Waals surface area contributed by atoms with Crippen LogP contribution in [0.2, 0.25) is 0 Å². The van der Waals surface area contributed by atoms with E-state index in [0.717, 1.165) is 22.3 Å². The Labute approximate surface area is 255 Å². The van der Waals surface area contributed by atoms with E-state index >= 15 is 0 Å². The Kier molecular flexibility index (Phi) is 7.64. The van der Waals surface area contributed by atoms with E-state index in [1.54, 1.807) is 32.0 Å². The summed E-state index contributed by atoms with van der Waals surface area (Å²) in [7, 11) is 0. The molecule has 2 amide bonds. The predicted octanol–water partition coefficient (Wildman–Crippen LogP) is 5.08. The standard InChI is InChI=1S/C34H33N3O7/c1-4-41-32(39)27-16-34(3,18-35)30(21-13-14-28-29(15-21)44-19-43-28)37(27)31(38)20(2)36-33(40)42-17-26-24-11-7-5-9-22(24)23-10-6-8-12-25(23)26/h5-15,20,26-27,30H,4,16-17,19H2,1-3H3,(H,36,40)/t20-,27-,30+,34-/m0/s1. The van der Waals surface area contributed by atoms with E-state index in [-0.39, 0.29) is 32.3 Å². The molecule has 2 heterocycles. The van der Waals surface area contributed by atoms with Crippen molar-refractivity contribution < 1.29 is 33.3 Å². The number of fused-ring (bicyclic) bond motifs is 4. The fourth-order valence-electron chi connectivity index (χ4n) is 6.64. The van der Waals surface area contributed by atoms with Gasteiger partial charge in [-0.1, -0.05) is 54.6 Å². The normalized spacial score (nSPS) is 22.0.